The van der Waals surface area contributed by atoms with Gasteiger partial charge < -0.3 is 9.64 Å². The smallest absolute Gasteiger partial charge is 0.214 e. The van der Waals surface area contributed by atoms with E-state index in [1.807, 2.05) is 36.0 Å². The third-order valence-corrected chi connectivity index (χ3v) is 5.84. The highest BCUT2D eigenvalue weighted by molar-refractivity contribution is 5.78. The lowest BCUT2D eigenvalue weighted by Gasteiger charge is -2.20. The molecule has 4 rings (SSSR count). The molecule has 176 valence electrons. The Bertz CT molecular complexity index is 1360. The average molecular weight is 469 g/mol. The van der Waals surface area contributed by atoms with Crippen LogP contribution in [0.25, 0.3) is 5.69 Å². The van der Waals surface area contributed by atoms with Crippen molar-refractivity contribution in [2.45, 2.75) is 20.3 Å². The number of nitriles is 1. The second kappa shape index (κ2) is 10.7. The second-order valence-electron chi connectivity index (χ2n) is 8.26. The van der Waals surface area contributed by atoms with E-state index in [4.69, 9.17) is 4.74 Å². The topological polar surface area (TPSA) is 71.2 Å². The number of carbonyl (C=O) groups is 1. The van der Waals surface area contributed by atoms with E-state index >= 15 is 0 Å². The Kier molecular flexibility index (Phi) is 7.22. The Morgan fingerprint density at radius 1 is 1.11 bits per heavy atom. The molecule has 1 amide bonds. The minimum absolute atomic E-state index is 0.103. The first kappa shape index (κ1) is 23.7. The van der Waals surface area contributed by atoms with Crippen LogP contribution in [-0.4, -0.2) is 29.3 Å². The Morgan fingerprint density at radius 2 is 1.91 bits per heavy atom. The molecule has 1 heterocycles. The summed E-state index contributed by atoms with van der Waals surface area (Å²) in [5.41, 5.74) is 5.99. The first-order chi connectivity index (χ1) is 17.0. The van der Waals surface area contributed by atoms with E-state index in [1.54, 1.807) is 6.20 Å². The van der Waals surface area contributed by atoms with E-state index in [9.17, 15) is 14.4 Å². The number of hydrogen-bond acceptors (Lipinski definition) is 4. The van der Waals surface area contributed by atoms with Crippen molar-refractivity contribution in [1.29, 1.82) is 5.26 Å². The van der Waals surface area contributed by atoms with Crippen molar-refractivity contribution in [3.8, 4) is 17.5 Å². The minimum Gasteiger partial charge on any atom is -0.491 e. The van der Waals surface area contributed by atoms with Gasteiger partial charge in [-0.2, -0.15) is 10.4 Å². The van der Waals surface area contributed by atoms with E-state index in [2.05, 4.69) is 42.4 Å². The second-order valence-corrected chi connectivity index (χ2v) is 8.26. The summed E-state index contributed by atoms with van der Waals surface area (Å²) in [6, 6.07) is 20.0. The number of benzene rings is 3. The molecule has 1 aromatic heterocycles. The van der Waals surface area contributed by atoms with Gasteiger partial charge in [0.2, 0.25) is 6.41 Å². The normalized spacial score (nSPS) is 10.6. The molecule has 0 N–H and O–H groups in total. The molecule has 0 fully saturated rings. The molecule has 0 saturated carbocycles. The molecule has 0 atom stereocenters. The third-order valence-electron chi connectivity index (χ3n) is 5.84. The zero-order chi connectivity index (χ0) is 24.8. The molecule has 0 unspecified atom stereocenters. The lowest BCUT2D eigenvalue weighted by atomic mass is 9.98. The van der Waals surface area contributed by atoms with Crippen molar-refractivity contribution in [3.05, 3.63) is 107 Å². The summed E-state index contributed by atoms with van der Waals surface area (Å²) in [7, 11) is 0. The van der Waals surface area contributed by atoms with Crippen LogP contribution in [0, 0.1) is 31.0 Å². The van der Waals surface area contributed by atoms with E-state index in [1.165, 1.54) is 28.2 Å². The van der Waals surface area contributed by atoms with Gasteiger partial charge in [0.1, 0.15) is 24.2 Å². The summed E-state index contributed by atoms with van der Waals surface area (Å²) in [4.78, 5) is 12.9. The highest BCUT2D eigenvalue weighted by Crippen LogP contribution is 2.26. The Morgan fingerprint density at radius 3 is 2.60 bits per heavy atom. The van der Waals surface area contributed by atoms with Gasteiger partial charge in [-0.15, -0.1) is 0 Å². The number of ether oxygens (including phenoxy) is 1. The Balaban J connectivity index is 1.40. The maximum atomic E-state index is 13.4. The quantitative estimate of drug-likeness (QED) is 0.319. The lowest BCUT2D eigenvalue weighted by Crippen LogP contribution is -2.27. The number of aromatic nitrogens is 2. The maximum Gasteiger partial charge on any atom is 0.214 e. The van der Waals surface area contributed by atoms with Crippen LogP contribution in [0.5, 0.6) is 5.75 Å². The summed E-state index contributed by atoms with van der Waals surface area (Å²) in [6.07, 6.45) is 5.09. The molecule has 0 spiro atoms. The summed E-state index contributed by atoms with van der Waals surface area (Å²) in [5, 5.41) is 13.5. The minimum atomic E-state index is -0.521. The molecule has 35 heavy (non-hydrogen) atoms. The molecule has 3 aromatic carbocycles. The lowest BCUT2D eigenvalue weighted by molar-refractivity contribution is -0.107. The van der Waals surface area contributed by atoms with Crippen molar-refractivity contribution in [1.82, 2.24) is 9.78 Å². The van der Waals surface area contributed by atoms with Gasteiger partial charge in [0.05, 0.1) is 23.5 Å². The summed E-state index contributed by atoms with van der Waals surface area (Å²) in [6.45, 7) is 4.50. The van der Waals surface area contributed by atoms with Gasteiger partial charge in [-0.3, -0.25) is 4.79 Å². The molecule has 0 radical (unpaired) electrons. The first-order valence-corrected chi connectivity index (χ1v) is 11.2. The fourth-order valence-electron chi connectivity index (χ4n) is 3.94. The van der Waals surface area contributed by atoms with Gasteiger partial charge in [0.25, 0.3) is 0 Å². The number of carbonyl (C=O) groups excluding carboxylic acids is 1. The van der Waals surface area contributed by atoms with Crippen molar-refractivity contribution >= 4 is 12.1 Å². The number of anilines is 1. The highest BCUT2D eigenvalue weighted by Gasteiger charge is 2.13. The monoisotopic (exact) mass is 468 g/mol. The van der Waals surface area contributed by atoms with Gasteiger partial charge in [0, 0.05) is 12.4 Å². The zero-order valence-electron chi connectivity index (χ0n) is 19.6. The molecule has 6 nitrogen and oxygen atoms in total. The molecule has 0 saturated heterocycles. The van der Waals surface area contributed by atoms with Crippen LogP contribution in [-0.2, 0) is 11.2 Å². The number of rotatable bonds is 9. The van der Waals surface area contributed by atoms with Crippen LogP contribution in [0.2, 0.25) is 0 Å². The molecule has 0 aliphatic carbocycles. The largest absolute Gasteiger partial charge is 0.491 e. The fourth-order valence-corrected chi connectivity index (χ4v) is 3.94. The van der Waals surface area contributed by atoms with Gasteiger partial charge in [-0.25, -0.2) is 9.07 Å². The highest BCUT2D eigenvalue weighted by atomic mass is 19.1. The van der Waals surface area contributed by atoms with E-state index in [0.717, 1.165) is 35.1 Å². The standard InChI is InChI=1S/C28H25FN4O2/c1-20-15-28(35-13-12-32(19-34)27-9-6-25(29)17-24(27)18-30)21(2)14-23(20)16-22-4-7-26(8-5-22)33-11-3-10-31-33/h3-11,14-15,17,19H,12-13,16H2,1-2H3. The van der Waals surface area contributed by atoms with E-state index in [0.29, 0.717) is 12.1 Å². The number of aryl methyl sites for hydroxylation is 2. The van der Waals surface area contributed by atoms with Crippen molar-refractivity contribution in [3.63, 3.8) is 0 Å². The van der Waals surface area contributed by atoms with Crippen molar-refractivity contribution in [2.24, 2.45) is 0 Å². The molecule has 0 bridgehead atoms. The Hall–Kier alpha value is -4.44. The van der Waals surface area contributed by atoms with Crippen LogP contribution in [0.15, 0.2) is 73.1 Å². The number of nitrogens with zero attached hydrogens (tertiary/aromatic N) is 4. The van der Waals surface area contributed by atoms with Crippen LogP contribution in [0.1, 0.15) is 27.8 Å². The molecular weight excluding hydrogens is 443 g/mol. The van der Waals surface area contributed by atoms with Gasteiger partial charge in [0.15, 0.2) is 0 Å². The predicted molar refractivity (Wildman–Crippen MR) is 132 cm³/mol. The van der Waals surface area contributed by atoms with Crippen molar-refractivity contribution in [2.75, 3.05) is 18.1 Å². The van der Waals surface area contributed by atoms with Crippen LogP contribution >= 0.6 is 0 Å². The van der Waals surface area contributed by atoms with Crippen LogP contribution in [0.3, 0.4) is 0 Å². The Labute approximate surface area is 203 Å². The number of amides is 1. The fraction of sp³-hybridized carbons (Fsp3) is 0.179. The zero-order valence-corrected chi connectivity index (χ0v) is 19.6. The summed E-state index contributed by atoms with van der Waals surface area (Å²) in [5.74, 6) is 0.221. The summed E-state index contributed by atoms with van der Waals surface area (Å²) >= 11 is 0. The average Bonchev–Trinajstić information content (AvgIpc) is 3.40. The van der Waals surface area contributed by atoms with Crippen LogP contribution in [0.4, 0.5) is 10.1 Å². The van der Waals surface area contributed by atoms with Gasteiger partial charge in [-0.05, 0) is 85.0 Å². The number of halogens is 1. The summed E-state index contributed by atoms with van der Waals surface area (Å²) < 4.78 is 21.2. The first-order valence-electron chi connectivity index (χ1n) is 11.2. The molecular formula is C28H25FN4O2. The molecule has 4 aromatic rings. The maximum absolute atomic E-state index is 13.4. The number of hydrogen-bond donors (Lipinski definition) is 0. The van der Waals surface area contributed by atoms with E-state index in [-0.39, 0.29) is 18.7 Å². The third kappa shape index (κ3) is 5.56. The predicted octanol–water partition coefficient (Wildman–Crippen LogP) is 5.13. The molecule has 7 heteroatoms. The SMILES string of the molecule is Cc1cc(OCCN(C=O)c2ccc(F)cc2C#N)c(C)cc1Cc1ccc(-n2cccn2)cc1. The molecule has 0 aliphatic rings. The van der Waals surface area contributed by atoms with Crippen LogP contribution < -0.4 is 9.64 Å². The van der Waals surface area contributed by atoms with Gasteiger partial charge >= 0.3 is 0 Å². The van der Waals surface area contributed by atoms with E-state index < -0.39 is 5.82 Å². The van der Waals surface area contributed by atoms with Crippen molar-refractivity contribution < 1.29 is 13.9 Å². The van der Waals surface area contributed by atoms with Gasteiger partial charge in [-0.1, -0.05) is 18.2 Å². The molecule has 0 aliphatic heterocycles.